The van der Waals surface area contributed by atoms with Crippen LogP contribution in [0.5, 0.6) is 0 Å². The van der Waals surface area contributed by atoms with Crippen LogP contribution in [0.1, 0.15) is 81.9 Å². The predicted octanol–water partition coefficient (Wildman–Crippen LogP) is 12.7. The summed E-state index contributed by atoms with van der Waals surface area (Å²) in [6.45, 7) is 1.17. The Labute approximate surface area is 476 Å². The number of ether oxygens (including phenoxy) is 1. The lowest BCUT2D eigenvalue weighted by molar-refractivity contribution is -0.140. The molecule has 8 rings (SSSR count). The molecule has 0 bridgehead atoms. The molecule has 5 aromatic carbocycles. The first-order valence-corrected chi connectivity index (χ1v) is 25.9. The molecule has 0 aliphatic heterocycles. The molecule has 0 unspecified atom stereocenters. The number of Topliss-reactive ketones (excluding diaryl/α,β-unsaturated/α-hetero) is 3. The number of primary amides is 1. The maximum Gasteiger partial charge on any atom is 0.325 e. The maximum atomic E-state index is 14.2. The zero-order chi connectivity index (χ0) is 60.8. The Morgan fingerprint density at radius 3 is 1.65 bits per heavy atom. The second kappa shape index (κ2) is 31.8. The summed E-state index contributed by atoms with van der Waals surface area (Å²) in [6, 6.07) is 37.7. The number of aromatic nitrogens is 5. The third-order valence-electron chi connectivity index (χ3n) is 11.6. The summed E-state index contributed by atoms with van der Waals surface area (Å²) in [5.74, 6) is -8.06. The van der Waals surface area contributed by atoms with Gasteiger partial charge in [0.1, 0.15) is 47.3 Å². The lowest BCUT2D eigenvalue weighted by atomic mass is 9.86. The van der Waals surface area contributed by atoms with Crippen LogP contribution < -0.4 is 5.73 Å². The Morgan fingerprint density at radius 1 is 0.651 bits per heavy atom. The molecule has 24 heteroatoms. The highest BCUT2D eigenvalue weighted by atomic mass is 79.9. The minimum absolute atomic E-state index is 0.0512. The van der Waals surface area contributed by atoms with Gasteiger partial charge in [-0.15, -0.1) is 0 Å². The van der Waals surface area contributed by atoms with Crippen LogP contribution in [0.2, 0.25) is 0 Å². The molecule has 0 radical (unpaired) electrons. The molecule has 83 heavy (non-hydrogen) atoms. The molecule has 8 aromatic rings. The molecule has 3 aromatic heterocycles. The van der Waals surface area contributed by atoms with Gasteiger partial charge in [0, 0.05) is 46.9 Å². The first kappa shape index (κ1) is 64.8. The van der Waals surface area contributed by atoms with E-state index in [2.05, 4.69) is 35.8 Å². The number of aliphatic carboxylic acids is 1. The second-order valence-electron chi connectivity index (χ2n) is 17.5. The molecule has 3 heterocycles. The molecule has 14 nitrogen and oxygen atoms in total. The molecular weight excluding hydrogens is 1170 g/mol. The molecule has 1 atom stereocenters. The predicted molar refractivity (Wildman–Crippen MR) is 290 cm³/mol. The fourth-order valence-electron chi connectivity index (χ4n) is 7.91. The van der Waals surface area contributed by atoms with Crippen molar-refractivity contribution < 1.29 is 78.1 Å². The number of esters is 1. The van der Waals surface area contributed by atoms with Crippen LogP contribution in [0.25, 0.3) is 33.6 Å². The number of hydrogen-bond donors (Lipinski definition) is 2. The number of pyridine rings is 1. The van der Waals surface area contributed by atoms with E-state index < -0.39 is 103 Å². The Hall–Kier alpha value is -9.06. The number of rotatable bonds is 21. The van der Waals surface area contributed by atoms with Crippen molar-refractivity contribution in [3.8, 4) is 33.6 Å². The fourth-order valence-corrected chi connectivity index (χ4v) is 8.07. The van der Waals surface area contributed by atoms with Crippen molar-refractivity contribution in [1.82, 2.24) is 24.5 Å². The monoisotopic (exact) mass is 1220 g/mol. The number of carbonyl (C=O) groups excluding carboxylic acids is 5. The molecule has 0 spiro atoms. The molecule has 434 valence electrons. The van der Waals surface area contributed by atoms with Crippen LogP contribution in [0, 0.1) is 17.5 Å². The van der Waals surface area contributed by atoms with E-state index in [1.54, 1.807) is 97.9 Å². The van der Waals surface area contributed by atoms with Gasteiger partial charge in [-0.2, -0.15) is 10.2 Å². The summed E-state index contributed by atoms with van der Waals surface area (Å²) in [5, 5.41) is 17.1. The first-order valence-electron chi connectivity index (χ1n) is 24.7. The Balaban J connectivity index is 0.000000262. The summed E-state index contributed by atoms with van der Waals surface area (Å²) in [6.07, 6.45) is -8.33. The number of hydrogen-bond acceptors (Lipinski definition) is 10. The molecular formula is C59H50BrF9N6O8. The van der Waals surface area contributed by atoms with Crippen LogP contribution >= 0.6 is 15.9 Å². The first-order chi connectivity index (χ1) is 39.6. The second-order valence-corrected chi connectivity index (χ2v) is 18.1. The van der Waals surface area contributed by atoms with Crippen LogP contribution in [0.4, 0.5) is 39.5 Å². The van der Waals surface area contributed by atoms with Crippen molar-refractivity contribution in [2.75, 3.05) is 11.9 Å². The Kier molecular flexibility index (Phi) is 24.8. The van der Waals surface area contributed by atoms with Crippen LogP contribution in [0.15, 0.2) is 158 Å². The number of amides is 1. The van der Waals surface area contributed by atoms with Crippen LogP contribution in [-0.4, -0.2) is 83.2 Å². The maximum absolute atomic E-state index is 14.2. The van der Waals surface area contributed by atoms with E-state index in [1.165, 1.54) is 42.6 Å². The highest BCUT2D eigenvalue weighted by Crippen LogP contribution is 2.34. The number of benzene rings is 5. The van der Waals surface area contributed by atoms with Crippen molar-refractivity contribution in [3.05, 3.63) is 209 Å². The highest BCUT2D eigenvalue weighted by molar-refractivity contribution is 9.09. The normalized spacial score (nSPS) is 11.1. The van der Waals surface area contributed by atoms with E-state index in [4.69, 9.17) is 10.8 Å². The van der Waals surface area contributed by atoms with Gasteiger partial charge in [0.25, 0.3) is 25.2 Å². The number of ketones is 3. The van der Waals surface area contributed by atoms with E-state index in [1.807, 2.05) is 0 Å². The summed E-state index contributed by atoms with van der Waals surface area (Å²) < 4.78 is 126. The minimum Gasteiger partial charge on any atom is -0.480 e. The van der Waals surface area contributed by atoms with Crippen molar-refractivity contribution in [1.29, 1.82) is 0 Å². The van der Waals surface area contributed by atoms with Gasteiger partial charge in [-0.1, -0.05) is 119 Å². The number of carboxylic acids is 1. The van der Waals surface area contributed by atoms with E-state index in [0.717, 1.165) is 27.6 Å². The van der Waals surface area contributed by atoms with E-state index in [9.17, 15) is 68.3 Å². The van der Waals surface area contributed by atoms with Gasteiger partial charge >= 0.3 is 11.9 Å². The summed E-state index contributed by atoms with van der Waals surface area (Å²) in [5.41, 5.74) is 7.63. The average molecular weight is 1220 g/mol. The third kappa shape index (κ3) is 19.9. The van der Waals surface area contributed by atoms with Crippen molar-refractivity contribution >= 4 is 51.1 Å². The summed E-state index contributed by atoms with van der Waals surface area (Å²) in [4.78, 5) is 72.2. The van der Waals surface area contributed by atoms with E-state index in [0.29, 0.717) is 51.6 Å². The lowest BCUT2D eigenvalue weighted by Crippen LogP contribution is -2.19. The van der Waals surface area contributed by atoms with Crippen LogP contribution in [-0.2, 0) is 43.4 Å². The molecule has 0 aliphatic rings. The minimum atomic E-state index is -3.07. The Morgan fingerprint density at radius 2 is 1.18 bits per heavy atom. The van der Waals surface area contributed by atoms with E-state index in [-0.39, 0.29) is 41.2 Å². The van der Waals surface area contributed by atoms with Crippen LogP contribution in [0.3, 0.4) is 0 Å². The largest absolute Gasteiger partial charge is 0.480 e. The van der Waals surface area contributed by atoms with Gasteiger partial charge < -0.3 is 15.6 Å². The number of nitrogens with zero attached hydrogens (tertiary/aromatic N) is 5. The molecule has 3 N–H and O–H groups in total. The molecule has 1 amide bonds. The summed E-state index contributed by atoms with van der Waals surface area (Å²) >= 11 is 2.94. The highest BCUT2D eigenvalue weighted by Gasteiger charge is 2.26. The quantitative estimate of drug-likeness (QED) is 0.0227. The lowest BCUT2D eigenvalue weighted by Gasteiger charge is -2.20. The number of alkyl halides is 7. The Bertz CT molecular complexity index is 3460. The topological polar surface area (TPSA) is 206 Å². The molecule has 0 aliphatic carbocycles. The van der Waals surface area contributed by atoms with Gasteiger partial charge in [0.15, 0.2) is 11.6 Å². The standard InChI is InChI=1S/C33H25F5N4O2.C12H10F2N2O2.C10H8F2O2.C4H7BrO2/c34-23-12-19(13-24(35)16-23)11-22(31-26(7-4-10-40-31)21-8-9-28(36)27(15-21)33(39)44)14-25(43)18-42-30(32(37)38)17-29(41-42)20-5-2-1-3-6-20;13-12(14)10-6-9(8-4-2-1-3-5-8)15-16(10)7-11(17)18;11-10(12)9(14)6-8(13)7-4-2-1-3-5-7;1-2-7-4(6)3-5/h1-10,12-13,15-17,22,32H,11,14,18H2,(H2,39,44);1-6,12H,7H2,(H,17,18);1-5,10H,6H2;2-3H2,1H3/t22-;;;/m1.../s1. The van der Waals surface area contributed by atoms with Gasteiger partial charge in [0.2, 0.25) is 5.78 Å². The van der Waals surface area contributed by atoms with Gasteiger partial charge in [-0.3, -0.25) is 43.1 Å². The molecule has 0 saturated heterocycles. The van der Waals surface area contributed by atoms with E-state index >= 15 is 0 Å². The van der Waals surface area contributed by atoms with Crippen molar-refractivity contribution in [2.45, 2.75) is 64.5 Å². The fraction of sp³-hybridized carbons (Fsp3) is 0.203. The van der Waals surface area contributed by atoms with Crippen molar-refractivity contribution in [2.24, 2.45) is 5.73 Å². The van der Waals surface area contributed by atoms with Gasteiger partial charge in [-0.25, -0.2) is 39.5 Å². The number of nitrogens with two attached hydrogens (primary N) is 1. The summed E-state index contributed by atoms with van der Waals surface area (Å²) in [7, 11) is 0. The molecule has 0 fully saturated rings. The SMILES string of the molecule is CCOC(=O)CBr.NC(=O)c1cc(-c2cccnc2[C@@H](CC(=O)Cn2nc(-c3ccccc3)cc2C(F)F)Cc2cc(F)cc(F)c2)ccc1F.O=C(CC(=O)C(F)F)c1ccccc1.O=C(O)Cn1nc(-c2ccccc2)cc1C(F)F. The van der Waals surface area contributed by atoms with Gasteiger partial charge in [0.05, 0.1) is 35.7 Å². The molecule has 0 saturated carbocycles. The zero-order valence-electron chi connectivity index (χ0n) is 43.7. The smallest absolute Gasteiger partial charge is 0.325 e. The number of halogens is 10. The number of carbonyl (C=O) groups is 6. The van der Waals surface area contributed by atoms with Gasteiger partial charge in [-0.05, 0) is 66.9 Å². The average Bonchev–Trinajstić information content (AvgIpc) is 4.33. The van der Waals surface area contributed by atoms with Crippen molar-refractivity contribution in [3.63, 3.8) is 0 Å². The zero-order valence-corrected chi connectivity index (χ0v) is 45.3. The number of carboxylic acid groups (broad SMARTS) is 1. The third-order valence-corrected chi connectivity index (χ3v) is 12.0.